The minimum Gasteiger partial charge on any atom is -0.387 e. The van der Waals surface area contributed by atoms with Crippen LogP contribution in [0.4, 0.5) is 17.8 Å². The number of hydrogen-bond donors (Lipinski definition) is 4. The van der Waals surface area contributed by atoms with E-state index in [1.165, 1.54) is 0 Å². The second kappa shape index (κ2) is 6.73. The van der Waals surface area contributed by atoms with Crippen molar-refractivity contribution in [2.75, 3.05) is 48.3 Å². The molecule has 108 valence electrons. The van der Waals surface area contributed by atoms with Gasteiger partial charge in [0.25, 0.3) is 0 Å². The van der Waals surface area contributed by atoms with Crippen molar-refractivity contribution in [3.8, 4) is 0 Å². The lowest BCUT2D eigenvalue weighted by Gasteiger charge is -2.22. The molecule has 0 spiro atoms. The predicted molar refractivity (Wildman–Crippen MR) is 79.5 cm³/mol. The lowest BCUT2D eigenvalue weighted by atomic mass is 10.1. The minimum atomic E-state index is -0.833. The van der Waals surface area contributed by atoms with E-state index >= 15 is 0 Å². The summed E-state index contributed by atoms with van der Waals surface area (Å²) in [5, 5.41) is 13.1. The minimum absolute atomic E-state index is 0.269. The molecule has 5 N–H and O–H groups in total. The SMILES string of the molecule is CSCC(C)(O)CNc1nc(NN)nc(N(C)C)n1. The summed E-state index contributed by atoms with van der Waals surface area (Å²) in [5.41, 5.74) is 1.56. The van der Waals surface area contributed by atoms with Gasteiger partial charge in [-0.1, -0.05) is 0 Å². The van der Waals surface area contributed by atoms with Crippen LogP contribution in [0.5, 0.6) is 0 Å². The van der Waals surface area contributed by atoms with Crippen molar-refractivity contribution in [1.29, 1.82) is 0 Å². The van der Waals surface area contributed by atoms with Gasteiger partial charge in [0.05, 0.1) is 5.60 Å². The molecule has 1 atom stereocenters. The number of nitrogens with zero attached hydrogens (tertiary/aromatic N) is 4. The maximum atomic E-state index is 10.1. The highest BCUT2D eigenvalue weighted by atomic mass is 32.2. The first-order chi connectivity index (χ1) is 8.88. The summed E-state index contributed by atoms with van der Waals surface area (Å²) >= 11 is 1.58. The summed E-state index contributed by atoms with van der Waals surface area (Å²) < 4.78 is 0. The molecule has 1 aromatic heterocycles. The average Bonchev–Trinajstić information content (AvgIpc) is 2.36. The summed E-state index contributed by atoms with van der Waals surface area (Å²) in [4.78, 5) is 14.1. The average molecular weight is 287 g/mol. The smallest absolute Gasteiger partial charge is 0.243 e. The van der Waals surface area contributed by atoms with E-state index in [-0.39, 0.29) is 5.95 Å². The second-order valence-electron chi connectivity index (χ2n) is 4.60. The Morgan fingerprint density at radius 1 is 1.32 bits per heavy atom. The number of hydrazine groups is 1. The van der Waals surface area contributed by atoms with Crippen LogP contribution in [0.15, 0.2) is 0 Å². The van der Waals surface area contributed by atoms with Crippen LogP contribution in [0, 0.1) is 0 Å². The van der Waals surface area contributed by atoms with E-state index in [0.717, 1.165) is 0 Å². The van der Waals surface area contributed by atoms with E-state index < -0.39 is 5.60 Å². The fourth-order valence-electron chi connectivity index (χ4n) is 1.34. The van der Waals surface area contributed by atoms with Gasteiger partial charge in [-0.2, -0.15) is 26.7 Å². The summed E-state index contributed by atoms with van der Waals surface area (Å²) in [5.74, 6) is 7.05. The van der Waals surface area contributed by atoms with Gasteiger partial charge in [-0.05, 0) is 13.2 Å². The van der Waals surface area contributed by atoms with Crippen molar-refractivity contribution in [2.45, 2.75) is 12.5 Å². The van der Waals surface area contributed by atoms with Crippen LogP contribution in [-0.2, 0) is 0 Å². The van der Waals surface area contributed by atoms with E-state index in [0.29, 0.717) is 24.2 Å². The normalized spacial score (nSPS) is 13.8. The highest BCUT2D eigenvalue weighted by Gasteiger charge is 2.20. The Balaban J connectivity index is 2.80. The first-order valence-electron chi connectivity index (χ1n) is 5.73. The Bertz CT molecular complexity index is 413. The highest BCUT2D eigenvalue weighted by Crippen LogP contribution is 2.14. The first kappa shape index (κ1) is 15.7. The van der Waals surface area contributed by atoms with Crippen molar-refractivity contribution in [1.82, 2.24) is 15.0 Å². The number of hydrogen-bond acceptors (Lipinski definition) is 9. The molecule has 0 bridgehead atoms. The molecule has 0 radical (unpaired) electrons. The summed E-state index contributed by atoms with van der Waals surface area (Å²) in [7, 11) is 3.65. The van der Waals surface area contributed by atoms with Crippen LogP contribution < -0.4 is 21.5 Å². The Hall–Kier alpha value is -1.32. The van der Waals surface area contributed by atoms with Gasteiger partial charge >= 0.3 is 0 Å². The third-order valence-electron chi connectivity index (χ3n) is 2.24. The van der Waals surface area contributed by atoms with E-state index in [9.17, 15) is 5.11 Å². The zero-order valence-corrected chi connectivity index (χ0v) is 12.5. The molecule has 0 aliphatic rings. The number of nitrogen functional groups attached to an aromatic ring is 1. The number of rotatable bonds is 7. The van der Waals surface area contributed by atoms with Crippen LogP contribution in [0.1, 0.15) is 6.92 Å². The number of nitrogens with two attached hydrogens (primary N) is 1. The number of anilines is 3. The number of aliphatic hydroxyl groups is 1. The Kier molecular flexibility index (Phi) is 5.58. The Labute approximate surface area is 117 Å². The van der Waals surface area contributed by atoms with Crippen molar-refractivity contribution >= 4 is 29.6 Å². The molecule has 1 rings (SSSR count). The van der Waals surface area contributed by atoms with E-state index in [2.05, 4.69) is 25.7 Å². The molecule has 1 aromatic rings. The van der Waals surface area contributed by atoms with Gasteiger partial charge in [-0.25, -0.2) is 5.84 Å². The van der Waals surface area contributed by atoms with Crippen LogP contribution >= 0.6 is 11.8 Å². The zero-order valence-electron chi connectivity index (χ0n) is 11.6. The molecule has 0 aliphatic carbocycles. The van der Waals surface area contributed by atoms with E-state index in [4.69, 9.17) is 5.84 Å². The Morgan fingerprint density at radius 3 is 2.47 bits per heavy atom. The highest BCUT2D eigenvalue weighted by molar-refractivity contribution is 7.98. The van der Waals surface area contributed by atoms with Gasteiger partial charge in [0.15, 0.2) is 0 Å². The first-order valence-corrected chi connectivity index (χ1v) is 7.12. The summed E-state index contributed by atoms with van der Waals surface area (Å²) in [6.45, 7) is 2.10. The maximum absolute atomic E-state index is 10.1. The number of aromatic nitrogens is 3. The van der Waals surface area contributed by atoms with E-state index in [1.807, 2.05) is 20.4 Å². The third-order valence-corrected chi connectivity index (χ3v) is 3.15. The largest absolute Gasteiger partial charge is 0.387 e. The molecule has 0 saturated carbocycles. The number of thioether (sulfide) groups is 1. The number of nitrogens with one attached hydrogen (secondary N) is 2. The molecule has 9 heteroatoms. The van der Waals surface area contributed by atoms with Gasteiger partial charge < -0.3 is 15.3 Å². The molecule has 0 saturated heterocycles. The molecule has 1 heterocycles. The van der Waals surface area contributed by atoms with Gasteiger partial charge in [0.1, 0.15) is 0 Å². The topological polar surface area (TPSA) is 112 Å². The van der Waals surface area contributed by atoms with Crippen LogP contribution in [0.3, 0.4) is 0 Å². The van der Waals surface area contributed by atoms with Crippen LogP contribution in [0.25, 0.3) is 0 Å². The third kappa shape index (κ3) is 5.05. The van der Waals surface area contributed by atoms with Crippen LogP contribution in [0.2, 0.25) is 0 Å². The fraction of sp³-hybridized carbons (Fsp3) is 0.700. The van der Waals surface area contributed by atoms with Crippen molar-refractivity contribution in [3.05, 3.63) is 0 Å². The second-order valence-corrected chi connectivity index (χ2v) is 5.47. The lowest BCUT2D eigenvalue weighted by molar-refractivity contribution is 0.0995. The molecule has 1 unspecified atom stereocenters. The quantitative estimate of drug-likeness (QED) is 0.398. The van der Waals surface area contributed by atoms with Crippen molar-refractivity contribution in [3.63, 3.8) is 0 Å². The van der Waals surface area contributed by atoms with Gasteiger partial charge in [-0.3, -0.25) is 5.43 Å². The molecule has 0 aromatic carbocycles. The molecule has 8 nitrogen and oxygen atoms in total. The maximum Gasteiger partial charge on any atom is 0.243 e. The molecule has 19 heavy (non-hydrogen) atoms. The van der Waals surface area contributed by atoms with Gasteiger partial charge in [0, 0.05) is 26.4 Å². The summed E-state index contributed by atoms with van der Waals surface area (Å²) in [6.07, 6.45) is 1.94. The molecular formula is C10H21N7OS. The molecule has 0 amide bonds. The van der Waals surface area contributed by atoms with Gasteiger partial charge in [-0.15, -0.1) is 0 Å². The monoisotopic (exact) mass is 287 g/mol. The zero-order chi connectivity index (χ0) is 14.5. The van der Waals surface area contributed by atoms with Crippen molar-refractivity contribution in [2.24, 2.45) is 5.84 Å². The van der Waals surface area contributed by atoms with Gasteiger partial charge in [0.2, 0.25) is 17.8 Å². The van der Waals surface area contributed by atoms with Crippen molar-refractivity contribution < 1.29 is 5.11 Å². The predicted octanol–water partition coefficient (Wildman–Crippen LogP) is -0.251. The molecule has 0 aliphatic heterocycles. The standard InChI is InChI=1S/C10H21N7OS/c1-10(18,6-19-4)5-12-7-13-8(16-11)15-9(14-7)17(2)3/h18H,5-6,11H2,1-4H3,(H2,12,13,14,15,16). The lowest BCUT2D eigenvalue weighted by Crippen LogP contribution is -2.36. The summed E-state index contributed by atoms with van der Waals surface area (Å²) in [6, 6.07) is 0. The fourth-order valence-corrected chi connectivity index (χ4v) is 2.06. The molecule has 0 fully saturated rings. The molecular weight excluding hydrogens is 266 g/mol. The Morgan fingerprint density at radius 2 is 1.95 bits per heavy atom. The van der Waals surface area contributed by atoms with Crippen LogP contribution in [-0.4, -0.2) is 58.3 Å². The van der Waals surface area contributed by atoms with E-state index in [1.54, 1.807) is 23.6 Å².